The van der Waals surface area contributed by atoms with Gasteiger partial charge in [-0.05, 0) is 47.9 Å². The number of aromatic nitrogens is 3. The number of hydrogen-bond acceptors (Lipinski definition) is 5. The van der Waals surface area contributed by atoms with Crippen LogP contribution in [0.1, 0.15) is 49.4 Å². The molecular weight excluding hydrogens is 606 g/mol. The van der Waals surface area contributed by atoms with Crippen LogP contribution in [0.5, 0.6) is 0 Å². The number of rotatable bonds is 8. The standard InChI is InChI=1S/C30H24F6N6O3/c1-37-28(44)20-12-16(4-5-21(20)33)19-3-2-7-38-26(19)22(11-15-9-17(31)13-18(32)10-15)40-24(43)14-42-23-6-8-39-29(45)25(23)27(41-42)30(34,35)36/h2-5,7,9-10,12-13,22H,6,8,11,14H2,1H3,(H,37,44)(H,39,45)(H,40,43)/t22-/m0/s1. The fourth-order valence-corrected chi connectivity index (χ4v) is 5.20. The zero-order valence-electron chi connectivity index (χ0n) is 23.4. The van der Waals surface area contributed by atoms with Gasteiger partial charge >= 0.3 is 6.18 Å². The minimum absolute atomic E-state index is 0.00788. The van der Waals surface area contributed by atoms with E-state index in [1.807, 2.05) is 0 Å². The van der Waals surface area contributed by atoms with Gasteiger partial charge in [-0.15, -0.1) is 0 Å². The molecule has 0 radical (unpaired) electrons. The SMILES string of the molecule is CNC(=O)c1cc(-c2cccnc2[C@H](Cc2cc(F)cc(F)c2)NC(=O)Cn2nc(C(F)(F)F)c3c2CCNC3=O)ccc1F. The van der Waals surface area contributed by atoms with Gasteiger partial charge in [0.2, 0.25) is 5.91 Å². The minimum Gasteiger partial charge on any atom is -0.355 e. The van der Waals surface area contributed by atoms with E-state index >= 15 is 0 Å². The zero-order valence-corrected chi connectivity index (χ0v) is 23.4. The Balaban J connectivity index is 1.54. The molecule has 9 nitrogen and oxygen atoms in total. The Hall–Kier alpha value is -5.21. The lowest BCUT2D eigenvalue weighted by Crippen LogP contribution is -2.36. The van der Waals surface area contributed by atoms with Crippen LogP contribution in [0.2, 0.25) is 0 Å². The molecule has 4 aromatic rings. The molecule has 1 atom stereocenters. The number of pyridine rings is 1. The van der Waals surface area contributed by atoms with Crippen molar-refractivity contribution in [2.45, 2.75) is 31.6 Å². The summed E-state index contributed by atoms with van der Waals surface area (Å²) in [6.45, 7) is -0.684. The molecule has 1 aliphatic heterocycles. The molecule has 15 heteroatoms. The number of alkyl halides is 3. The number of nitrogens with zero attached hydrogens (tertiary/aromatic N) is 3. The summed E-state index contributed by atoms with van der Waals surface area (Å²) in [5.74, 6) is -5.07. The van der Waals surface area contributed by atoms with E-state index in [4.69, 9.17) is 0 Å². The van der Waals surface area contributed by atoms with Crippen molar-refractivity contribution in [1.29, 1.82) is 0 Å². The molecule has 0 fully saturated rings. The van der Waals surface area contributed by atoms with Crippen molar-refractivity contribution in [2.24, 2.45) is 0 Å². The molecule has 45 heavy (non-hydrogen) atoms. The molecule has 5 rings (SSSR count). The molecule has 3 heterocycles. The van der Waals surface area contributed by atoms with E-state index in [0.717, 1.165) is 22.9 Å². The Bertz CT molecular complexity index is 1790. The fourth-order valence-electron chi connectivity index (χ4n) is 5.20. The van der Waals surface area contributed by atoms with E-state index in [2.05, 4.69) is 26.0 Å². The third kappa shape index (κ3) is 6.66. The highest BCUT2D eigenvalue weighted by Gasteiger charge is 2.42. The Labute approximate surface area is 251 Å². The lowest BCUT2D eigenvalue weighted by molar-refractivity contribution is -0.142. The molecule has 2 aromatic heterocycles. The summed E-state index contributed by atoms with van der Waals surface area (Å²) in [4.78, 5) is 42.3. The van der Waals surface area contributed by atoms with Gasteiger partial charge in [0.25, 0.3) is 11.8 Å². The number of carbonyl (C=O) groups is 3. The molecule has 3 N–H and O–H groups in total. The molecule has 3 amide bonds. The summed E-state index contributed by atoms with van der Waals surface area (Å²) < 4.78 is 84.5. The number of fused-ring (bicyclic) bond motifs is 1. The molecule has 234 valence electrons. The van der Waals surface area contributed by atoms with E-state index < -0.39 is 65.2 Å². The molecular formula is C30H24F6N6O3. The van der Waals surface area contributed by atoms with Crippen LogP contribution in [0.4, 0.5) is 26.3 Å². The van der Waals surface area contributed by atoms with E-state index in [1.54, 1.807) is 12.1 Å². The summed E-state index contributed by atoms with van der Waals surface area (Å²) >= 11 is 0. The average molecular weight is 631 g/mol. The van der Waals surface area contributed by atoms with Gasteiger partial charge in [0, 0.05) is 37.8 Å². The van der Waals surface area contributed by atoms with Crippen molar-refractivity contribution in [2.75, 3.05) is 13.6 Å². The Morgan fingerprint density at radius 3 is 2.49 bits per heavy atom. The number of nitrogens with one attached hydrogen (secondary N) is 3. The second kappa shape index (κ2) is 12.4. The first-order chi connectivity index (χ1) is 21.3. The van der Waals surface area contributed by atoms with Crippen molar-refractivity contribution in [1.82, 2.24) is 30.7 Å². The van der Waals surface area contributed by atoms with E-state index in [-0.39, 0.29) is 41.9 Å². The predicted molar refractivity (Wildman–Crippen MR) is 147 cm³/mol. The molecule has 0 spiro atoms. The summed E-state index contributed by atoms with van der Waals surface area (Å²) in [6, 6.07) is 8.47. The van der Waals surface area contributed by atoms with Crippen molar-refractivity contribution in [3.63, 3.8) is 0 Å². The third-order valence-corrected chi connectivity index (χ3v) is 7.11. The molecule has 0 unspecified atom stereocenters. The second-order valence-electron chi connectivity index (χ2n) is 10.1. The van der Waals surface area contributed by atoms with Crippen LogP contribution in [0.3, 0.4) is 0 Å². The maximum atomic E-state index is 14.4. The van der Waals surface area contributed by atoms with Gasteiger partial charge in [0.1, 0.15) is 24.0 Å². The van der Waals surface area contributed by atoms with Gasteiger partial charge in [-0.2, -0.15) is 18.3 Å². The maximum absolute atomic E-state index is 14.4. The van der Waals surface area contributed by atoms with Gasteiger partial charge in [0.05, 0.1) is 28.6 Å². The van der Waals surface area contributed by atoms with Crippen molar-refractivity contribution in [3.05, 3.63) is 106 Å². The van der Waals surface area contributed by atoms with Gasteiger partial charge in [-0.1, -0.05) is 12.1 Å². The first-order valence-electron chi connectivity index (χ1n) is 13.5. The van der Waals surface area contributed by atoms with Crippen molar-refractivity contribution in [3.8, 4) is 11.1 Å². The highest BCUT2D eigenvalue weighted by Crippen LogP contribution is 2.34. The Kier molecular flexibility index (Phi) is 8.62. The van der Waals surface area contributed by atoms with Gasteiger partial charge in [-0.25, -0.2) is 13.2 Å². The quantitative estimate of drug-likeness (QED) is 0.253. The molecule has 0 saturated heterocycles. The molecule has 2 aromatic carbocycles. The number of halogens is 6. The highest BCUT2D eigenvalue weighted by atomic mass is 19.4. The zero-order chi connectivity index (χ0) is 32.5. The Morgan fingerprint density at radius 1 is 1.07 bits per heavy atom. The Morgan fingerprint density at radius 2 is 1.80 bits per heavy atom. The summed E-state index contributed by atoms with van der Waals surface area (Å²) in [5.41, 5.74) is -1.51. The van der Waals surface area contributed by atoms with E-state index in [9.17, 15) is 40.7 Å². The summed E-state index contributed by atoms with van der Waals surface area (Å²) in [7, 11) is 1.33. The largest absolute Gasteiger partial charge is 0.435 e. The lowest BCUT2D eigenvalue weighted by atomic mass is 9.94. The van der Waals surface area contributed by atoms with E-state index in [0.29, 0.717) is 17.2 Å². The monoisotopic (exact) mass is 630 g/mol. The smallest absolute Gasteiger partial charge is 0.355 e. The van der Waals surface area contributed by atoms with Crippen molar-refractivity contribution >= 4 is 17.7 Å². The maximum Gasteiger partial charge on any atom is 0.435 e. The van der Waals surface area contributed by atoms with Crippen LogP contribution >= 0.6 is 0 Å². The van der Waals surface area contributed by atoms with Gasteiger partial charge in [0.15, 0.2) is 5.69 Å². The minimum atomic E-state index is -4.96. The van der Waals surface area contributed by atoms with Crippen molar-refractivity contribution < 1.29 is 40.7 Å². The van der Waals surface area contributed by atoms with Crippen LogP contribution in [0.15, 0.2) is 54.7 Å². The first-order valence-corrected chi connectivity index (χ1v) is 13.5. The molecule has 1 aliphatic rings. The topological polar surface area (TPSA) is 118 Å². The number of amides is 3. The fraction of sp³-hybridized carbons (Fsp3) is 0.233. The molecule has 0 saturated carbocycles. The summed E-state index contributed by atoms with van der Waals surface area (Å²) in [5, 5.41) is 10.9. The molecule has 0 aliphatic carbocycles. The van der Waals surface area contributed by atoms with Crippen LogP contribution in [0, 0.1) is 17.5 Å². The number of hydrogen-bond donors (Lipinski definition) is 3. The molecule has 0 bridgehead atoms. The third-order valence-electron chi connectivity index (χ3n) is 7.11. The first kappa shape index (κ1) is 31.2. The average Bonchev–Trinajstić information content (AvgIpc) is 3.36. The second-order valence-corrected chi connectivity index (χ2v) is 10.1. The number of carbonyl (C=O) groups excluding carboxylic acids is 3. The predicted octanol–water partition coefficient (Wildman–Crippen LogP) is 4.13. The summed E-state index contributed by atoms with van der Waals surface area (Å²) in [6.07, 6.45) is -3.81. The van der Waals surface area contributed by atoms with Gasteiger partial charge < -0.3 is 16.0 Å². The van der Waals surface area contributed by atoms with Crippen LogP contribution in [-0.2, 0) is 30.4 Å². The highest BCUT2D eigenvalue weighted by molar-refractivity contribution is 5.98. The van der Waals surface area contributed by atoms with Gasteiger partial charge in [-0.3, -0.25) is 24.0 Å². The lowest BCUT2D eigenvalue weighted by Gasteiger charge is -2.22. The number of benzene rings is 2. The van der Waals surface area contributed by atoms with E-state index in [1.165, 1.54) is 25.4 Å². The van der Waals surface area contributed by atoms with Crippen LogP contribution in [0.25, 0.3) is 11.1 Å². The normalized spacial score (nSPS) is 13.5. The van der Waals surface area contributed by atoms with Crippen LogP contribution < -0.4 is 16.0 Å². The van der Waals surface area contributed by atoms with Crippen LogP contribution in [-0.4, -0.2) is 46.1 Å².